The molecule has 0 saturated heterocycles. The van der Waals surface area contributed by atoms with Crippen LogP contribution in [-0.4, -0.2) is 28.8 Å². The number of nitro groups is 1. The lowest BCUT2D eigenvalue weighted by Gasteiger charge is -2.27. The minimum atomic E-state index is -0.398. The van der Waals surface area contributed by atoms with Crippen LogP contribution < -0.4 is 10.1 Å². The first-order chi connectivity index (χ1) is 10.1. The Hall–Kier alpha value is -1.82. The number of ether oxygens (including phenoxy) is 1. The number of hydrogen-bond donors (Lipinski definition) is 2. The number of benzene rings is 1. The van der Waals surface area contributed by atoms with Crippen molar-refractivity contribution in [2.45, 2.75) is 51.2 Å². The van der Waals surface area contributed by atoms with Crippen molar-refractivity contribution < 1.29 is 14.8 Å². The molecule has 0 aromatic heterocycles. The number of nitrogens with zero attached hydrogens (tertiary/aromatic N) is 1. The number of nitro benzene ring substituents is 1. The molecule has 0 unspecified atom stereocenters. The number of aliphatic hydroxyl groups is 1. The summed E-state index contributed by atoms with van der Waals surface area (Å²) in [5, 5.41) is 24.1. The maximum absolute atomic E-state index is 11.3. The highest BCUT2D eigenvalue weighted by Crippen LogP contribution is 2.36. The van der Waals surface area contributed by atoms with E-state index in [-0.39, 0.29) is 17.8 Å². The Kier molecular flexibility index (Phi) is 5.38. The van der Waals surface area contributed by atoms with Gasteiger partial charge in [0, 0.05) is 6.04 Å². The van der Waals surface area contributed by atoms with E-state index in [9.17, 15) is 15.2 Å². The van der Waals surface area contributed by atoms with Crippen LogP contribution in [0.15, 0.2) is 18.2 Å². The summed E-state index contributed by atoms with van der Waals surface area (Å²) in [7, 11) is 0. The third-order valence-electron chi connectivity index (χ3n) is 3.70. The van der Waals surface area contributed by atoms with Crippen LogP contribution in [-0.2, 0) is 0 Å². The molecule has 6 nitrogen and oxygen atoms in total. The van der Waals surface area contributed by atoms with Crippen molar-refractivity contribution in [2.75, 3.05) is 11.9 Å². The van der Waals surface area contributed by atoms with Gasteiger partial charge in [0.25, 0.3) is 0 Å². The van der Waals surface area contributed by atoms with Gasteiger partial charge in [-0.1, -0.05) is 13.0 Å². The van der Waals surface area contributed by atoms with Crippen LogP contribution in [0.25, 0.3) is 0 Å². The third-order valence-corrected chi connectivity index (χ3v) is 3.70. The van der Waals surface area contributed by atoms with Gasteiger partial charge in [-0.3, -0.25) is 10.1 Å². The molecular formula is C15H22N2O4. The van der Waals surface area contributed by atoms with Crippen molar-refractivity contribution in [1.82, 2.24) is 0 Å². The van der Waals surface area contributed by atoms with Crippen molar-refractivity contribution in [3.63, 3.8) is 0 Å². The molecule has 1 saturated carbocycles. The normalized spacial score (nSPS) is 21.8. The molecule has 1 aromatic carbocycles. The van der Waals surface area contributed by atoms with Crippen molar-refractivity contribution >= 4 is 11.4 Å². The van der Waals surface area contributed by atoms with Crippen molar-refractivity contribution in [1.29, 1.82) is 0 Å². The SMILES string of the molecule is CCCOc1cccc(NC2CCC(O)CC2)c1[N+](=O)[O-]. The van der Waals surface area contributed by atoms with Crippen LogP contribution in [0.5, 0.6) is 5.75 Å². The molecule has 0 aliphatic heterocycles. The molecular weight excluding hydrogens is 272 g/mol. The topological polar surface area (TPSA) is 84.6 Å². The van der Waals surface area contributed by atoms with Gasteiger partial charge < -0.3 is 15.2 Å². The smallest absolute Gasteiger partial charge is 0.333 e. The standard InChI is InChI=1S/C15H22N2O4/c1-2-10-21-14-5-3-4-13(15(14)17(19)20)16-11-6-8-12(18)9-7-11/h3-5,11-12,16,18H,2,6-10H2,1H3. The van der Waals surface area contributed by atoms with Crippen LogP contribution in [0.2, 0.25) is 0 Å². The molecule has 21 heavy (non-hydrogen) atoms. The van der Waals surface area contributed by atoms with Crippen LogP contribution >= 0.6 is 0 Å². The zero-order valence-corrected chi connectivity index (χ0v) is 12.2. The zero-order valence-electron chi connectivity index (χ0n) is 12.2. The number of nitrogens with one attached hydrogen (secondary N) is 1. The van der Waals surface area contributed by atoms with Crippen molar-refractivity contribution in [3.8, 4) is 5.75 Å². The molecule has 0 radical (unpaired) electrons. The van der Waals surface area contributed by atoms with E-state index in [2.05, 4.69) is 5.32 Å². The van der Waals surface area contributed by atoms with Gasteiger partial charge in [0.2, 0.25) is 0 Å². The predicted molar refractivity (Wildman–Crippen MR) is 80.8 cm³/mol. The molecule has 1 aromatic rings. The summed E-state index contributed by atoms with van der Waals surface area (Å²) < 4.78 is 5.47. The Bertz CT molecular complexity index is 485. The average Bonchev–Trinajstić information content (AvgIpc) is 2.47. The molecule has 0 amide bonds. The summed E-state index contributed by atoms with van der Waals surface area (Å²) in [5.74, 6) is 0.308. The molecule has 116 valence electrons. The van der Waals surface area contributed by atoms with Gasteiger partial charge in [0.05, 0.1) is 17.6 Å². The number of anilines is 1. The van der Waals surface area contributed by atoms with Gasteiger partial charge in [-0.2, -0.15) is 0 Å². The lowest BCUT2D eigenvalue weighted by molar-refractivity contribution is -0.385. The van der Waals surface area contributed by atoms with Gasteiger partial charge in [0.15, 0.2) is 5.75 Å². The third kappa shape index (κ3) is 4.07. The summed E-state index contributed by atoms with van der Waals surface area (Å²) in [4.78, 5) is 10.9. The fourth-order valence-corrected chi connectivity index (χ4v) is 2.60. The lowest BCUT2D eigenvalue weighted by Crippen LogP contribution is -2.28. The lowest BCUT2D eigenvalue weighted by atomic mass is 9.93. The van der Waals surface area contributed by atoms with Gasteiger partial charge in [-0.25, -0.2) is 0 Å². The number of para-hydroxylation sites is 1. The molecule has 0 atom stereocenters. The second-order valence-electron chi connectivity index (χ2n) is 5.41. The number of rotatable bonds is 6. The Morgan fingerprint density at radius 1 is 1.38 bits per heavy atom. The Labute approximate surface area is 124 Å². The van der Waals surface area contributed by atoms with E-state index >= 15 is 0 Å². The summed E-state index contributed by atoms with van der Waals surface area (Å²) in [5.41, 5.74) is 0.493. The van der Waals surface area contributed by atoms with E-state index in [4.69, 9.17) is 4.74 Å². The highest BCUT2D eigenvalue weighted by atomic mass is 16.6. The van der Waals surface area contributed by atoms with Crippen LogP contribution in [0.4, 0.5) is 11.4 Å². The van der Waals surface area contributed by atoms with Crippen molar-refractivity contribution in [2.24, 2.45) is 0 Å². The fraction of sp³-hybridized carbons (Fsp3) is 0.600. The maximum atomic E-state index is 11.3. The molecule has 0 spiro atoms. The first kappa shape index (κ1) is 15.6. The van der Waals surface area contributed by atoms with Crippen LogP contribution in [0.3, 0.4) is 0 Å². The van der Waals surface area contributed by atoms with E-state index in [1.54, 1.807) is 18.2 Å². The fourth-order valence-electron chi connectivity index (χ4n) is 2.60. The molecule has 1 aliphatic rings. The maximum Gasteiger partial charge on any atom is 0.333 e. The monoisotopic (exact) mass is 294 g/mol. The summed E-state index contributed by atoms with van der Waals surface area (Å²) in [6, 6.07) is 5.26. The van der Waals surface area contributed by atoms with E-state index in [1.165, 1.54) is 0 Å². The summed E-state index contributed by atoms with van der Waals surface area (Å²) in [6.07, 6.45) is 3.67. The van der Waals surface area contributed by atoms with Crippen molar-refractivity contribution in [3.05, 3.63) is 28.3 Å². The minimum Gasteiger partial charge on any atom is -0.487 e. The Morgan fingerprint density at radius 2 is 2.10 bits per heavy atom. The first-order valence-corrected chi connectivity index (χ1v) is 7.46. The zero-order chi connectivity index (χ0) is 15.2. The first-order valence-electron chi connectivity index (χ1n) is 7.46. The molecule has 6 heteroatoms. The van der Waals surface area contributed by atoms with Crippen LogP contribution in [0.1, 0.15) is 39.0 Å². The summed E-state index contributed by atoms with van der Waals surface area (Å²) in [6.45, 7) is 2.42. The second kappa shape index (κ2) is 7.26. The molecule has 1 aliphatic carbocycles. The van der Waals surface area contributed by atoms with Gasteiger partial charge in [0.1, 0.15) is 5.69 Å². The average molecular weight is 294 g/mol. The quantitative estimate of drug-likeness (QED) is 0.622. The highest BCUT2D eigenvalue weighted by molar-refractivity contribution is 5.68. The number of hydrogen-bond acceptors (Lipinski definition) is 5. The summed E-state index contributed by atoms with van der Waals surface area (Å²) >= 11 is 0. The second-order valence-corrected chi connectivity index (χ2v) is 5.41. The molecule has 1 fully saturated rings. The highest BCUT2D eigenvalue weighted by Gasteiger charge is 2.25. The molecule has 0 heterocycles. The van der Waals surface area contributed by atoms with E-state index in [1.807, 2.05) is 6.92 Å². The van der Waals surface area contributed by atoms with E-state index < -0.39 is 4.92 Å². The van der Waals surface area contributed by atoms with Crippen LogP contribution in [0, 0.1) is 10.1 Å². The molecule has 0 bridgehead atoms. The molecule has 2 rings (SSSR count). The van der Waals surface area contributed by atoms with Gasteiger partial charge in [-0.15, -0.1) is 0 Å². The molecule has 2 N–H and O–H groups in total. The van der Waals surface area contributed by atoms with Gasteiger partial charge >= 0.3 is 5.69 Å². The Balaban J connectivity index is 2.16. The van der Waals surface area contributed by atoms with E-state index in [0.29, 0.717) is 18.0 Å². The van der Waals surface area contributed by atoms with Gasteiger partial charge in [-0.05, 0) is 44.2 Å². The minimum absolute atomic E-state index is 0.00271. The van der Waals surface area contributed by atoms with E-state index in [0.717, 1.165) is 32.1 Å². The predicted octanol–water partition coefficient (Wildman–Crippen LogP) is 3.10. The Morgan fingerprint density at radius 3 is 2.71 bits per heavy atom. The largest absolute Gasteiger partial charge is 0.487 e. The number of aliphatic hydroxyl groups excluding tert-OH is 1.